The van der Waals surface area contributed by atoms with Gasteiger partial charge in [-0.25, -0.2) is 0 Å². The van der Waals surface area contributed by atoms with Gasteiger partial charge in [0.05, 0.1) is 19.1 Å². The van der Waals surface area contributed by atoms with Crippen LogP contribution in [0, 0.1) is 17.2 Å². The minimum absolute atomic E-state index is 0.166. The summed E-state index contributed by atoms with van der Waals surface area (Å²) >= 11 is 0. The molecule has 2 fully saturated rings. The fraction of sp³-hybridized carbons (Fsp3) is 0.682. The molecular formula is C22H33N3O3. The van der Waals surface area contributed by atoms with E-state index in [0.29, 0.717) is 18.0 Å². The minimum Gasteiger partial charge on any atom is -0.493 e. The fourth-order valence-corrected chi connectivity index (χ4v) is 4.00. The number of β-amino-alcohol motifs (C(OH)–C–C–N with tert-alkyl or cyclic N) is 1. The third-order valence-electron chi connectivity index (χ3n) is 5.62. The van der Waals surface area contributed by atoms with Crippen molar-refractivity contribution < 1.29 is 14.6 Å². The molecule has 1 aromatic carbocycles. The van der Waals surface area contributed by atoms with Crippen LogP contribution in [0.4, 0.5) is 0 Å². The SMILES string of the molecule is COc1cc(CN2CC(C#N)C2)ccc1OCC(O)CN1CCCCCCC1. The van der Waals surface area contributed by atoms with Gasteiger partial charge in [0.15, 0.2) is 11.5 Å². The normalized spacial score (nSPS) is 20.5. The predicted octanol–water partition coefficient (Wildman–Crippen LogP) is 2.66. The Balaban J connectivity index is 1.47. The smallest absolute Gasteiger partial charge is 0.161 e. The number of hydrogen-bond acceptors (Lipinski definition) is 6. The van der Waals surface area contributed by atoms with Crippen LogP contribution in [-0.2, 0) is 6.54 Å². The lowest BCUT2D eigenvalue weighted by atomic mass is 10.0. The Labute approximate surface area is 168 Å². The Morgan fingerprint density at radius 2 is 1.82 bits per heavy atom. The van der Waals surface area contributed by atoms with Crippen molar-refractivity contribution in [2.75, 3.05) is 46.4 Å². The van der Waals surface area contributed by atoms with Gasteiger partial charge in [0, 0.05) is 26.2 Å². The lowest BCUT2D eigenvalue weighted by Crippen LogP contribution is -2.45. The molecule has 2 saturated heterocycles. The number of likely N-dealkylation sites (tertiary alicyclic amines) is 2. The maximum Gasteiger partial charge on any atom is 0.161 e. The number of aliphatic hydroxyl groups is 1. The number of rotatable bonds is 8. The molecule has 0 saturated carbocycles. The molecule has 3 rings (SSSR count). The molecule has 6 nitrogen and oxygen atoms in total. The molecule has 0 radical (unpaired) electrons. The molecule has 1 aromatic rings. The highest BCUT2D eigenvalue weighted by Gasteiger charge is 2.26. The molecule has 1 atom stereocenters. The van der Waals surface area contributed by atoms with Gasteiger partial charge < -0.3 is 19.5 Å². The maximum atomic E-state index is 10.4. The Bertz CT molecular complexity index is 647. The Kier molecular flexibility index (Phi) is 7.96. The zero-order chi connectivity index (χ0) is 19.8. The first-order valence-corrected chi connectivity index (χ1v) is 10.5. The number of hydrogen-bond donors (Lipinski definition) is 1. The van der Waals surface area contributed by atoms with Crippen LogP contribution in [0.1, 0.15) is 37.7 Å². The highest BCUT2D eigenvalue weighted by atomic mass is 16.5. The molecule has 28 heavy (non-hydrogen) atoms. The van der Waals surface area contributed by atoms with Crippen molar-refractivity contribution in [1.29, 1.82) is 5.26 Å². The van der Waals surface area contributed by atoms with Gasteiger partial charge in [-0.3, -0.25) is 4.90 Å². The zero-order valence-corrected chi connectivity index (χ0v) is 17.0. The number of aliphatic hydroxyl groups excluding tert-OH is 1. The van der Waals surface area contributed by atoms with Gasteiger partial charge in [-0.05, 0) is 43.6 Å². The standard InChI is InChI=1S/C22H33N3O3/c1-27-22-11-18(13-25-14-19(12-23)15-25)7-8-21(22)28-17-20(26)16-24-9-5-3-2-4-6-10-24/h7-8,11,19-20,26H,2-6,9-10,13-17H2,1H3. The van der Waals surface area contributed by atoms with Crippen molar-refractivity contribution in [2.24, 2.45) is 5.92 Å². The highest BCUT2D eigenvalue weighted by Crippen LogP contribution is 2.29. The largest absolute Gasteiger partial charge is 0.493 e. The van der Waals surface area contributed by atoms with E-state index in [2.05, 4.69) is 15.9 Å². The molecule has 1 N–H and O–H groups in total. The van der Waals surface area contributed by atoms with Crippen molar-refractivity contribution >= 4 is 0 Å². The molecule has 6 heteroatoms. The van der Waals surface area contributed by atoms with Gasteiger partial charge in [0.25, 0.3) is 0 Å². The zero-order valence-electron chi connectivity index (χ0n) is 17.0. The van der Waals surface area contributed by atoms with Crippen LogP contribution in [0.3, 0.4) is 0 Å². The average molecular weight is 388 g/mol. The van der Waals surface area contributed by atoms with E-state index in [-0.39, 0.29) is 12.5 Å². The number of methoxy groups -OCH3 is 1. The molecule has 2 aliphatic rings. The van der Waals surface area contributed by atoms with Crippen molar-refractivity contribution in [3.05, 3.63) is 23.8 Å². The van der Waals surface area contributed by atoms with Crippen molar-refractivity contribution in [3.63, 3.8) is 0 Å². The monoisotopic (exact) mass is 387 g/mol. The second kappa shape index (κ2) is 10.7. The summed E-state index contributed by atoms with van der Waals surface area (Å²) in [6.45, 7) is 5.54. The lowest BCUT2D eigenvalue weighted by Gasteiger charge is -2.35. The number of benzene rings is 1. The first-order chi connectivity index (χ1) is 13.7. The van der Waals surface area contributed by atoms with Crippen molar-refractivity contribution in [2.45, 2.75) is 44.8 Å². The molecule has 154 valence electrons. The highest BCUT2D eigenvalue weighted by molar-refractivity contribution is 5.43. The van der Waals surface area contributed by atoms with E-state index in [1.165, 1.54) is 32.1 Å². The minimum atomic E-state index is -0.507. The third kappa shape index (κ3) is 6.10. The summed E-state index contributed by atoms with van der Waals surface area (Å²) < 4.78 is 11.4. The second-order valence-corrected chi connectivity index (χ2v) is 8.04. The first-order valence-electron chi connectivity index (χ1n) is 10.5. The van der Waals surface area contributed by atoms with Crippen LogP contribution >= 0.6 is 0 Å². The number of nitriles is 1. The number of ether oxygens (including phenoxy) is 2. The fourth-order valence-electron chi connectivity index (χ4n) is 4.00. The summed E-state index contributed by atoms with van der Waals surface area (Å²) in [5.41, 5.74) is 1.14. The van der Waals surface area contributed by atoms with Gasteiger partial charge >= 0.3 is 0 Å². The van der Waals surface area contributed by atoms with E-state index < -0.39 is 6.10 Å². The van der Waals surface area contributed by atoms with Crippen LogP contribution < -0.4 is 9.47 Å². The van der Waals surface area contributed by atoms with E-state index >= 15 is 0 Å². The Morgan fingerprint density at radius 1 is 1.11 bits per heavy atom. The predicted molar refractivity (Wildman–Crippen MR) is 108 cm³/mol. The van der Waals surface area contributed by atoms with Crippen LogP contribution in [0.25, 0.3) is 0 Å². The third-order valence-corrected chi connectivity index (χ3v) is 5.62. The first kappa shape index (κ1) is 20.9. The summed E-state index contributed by atoms with van der Waals surface area (Å²) in [6, 6.07) is 8.23. The van der Waals surface area contributed by atoms with E-state index in [1.807, 2.05) is 18.2 Å². The van der Waals surface area contributed by atoms with Gasteiger partial charge in [-0.1, -0.05) is 25.3 Å². The van der Waals surface area contributed by atoms with Crippen LogP contribution in [0.5, 0.6) is 11.5 Å². The number of nitrogens with zero attached hydrogens (tertiary/aromatic N) is 3. The summed E-state index contributed by atoms with van der Waals surface area (Å²) in [7, 11) is 1.64. The van der Waals surface area contributed by atoms with E-state index in [4.69, 9.17) is 14.7 Å². The molecule has 0 bridgehead atoms. The Hall–Kier alpha value is -1.81. The van der Waals surface area contributed by atoms with Gasteiger partial charge in [0.2, 0.25) is 0 Å². The molecule has 0 aromatic heterocycles. The van der Waals surface area contributed by atoms with E-state index in [0.717, 1.165) is 38.3 Å². The molecule has 0 spiro atoms. The summed E-state index contributed by atoms with van der Waals surface area (Å²) in [4.78, 5) is 4.60. The van der Waals surface area contributed by atoms with E-state index in [1.54, 1.807) is 7.11 Å². The molecule has 0 aliphatic carbocycles. The summed E-state index contributed by atoms with van der Waals surface area (Å²) in [5, 5.41) is 19.3. The topological polar surface area (TPSA) is 69.0 Å². The molecular weight excluding hydrogens is 354 g/mol. The molecule has 1 unspecified atom stereocenters. The van der Waals surface area contributed by atoms with Gasteiger partial charge in [0.1, 0.15) is 12.7 Å². The quantitative estimate of drug-likeness (QED) is 0.740. The van der Waals surface area contributed by atoms with Gasteiger partial charge in [-0.2, -0.15) is 5.26 Å². The Morgan fingerprint density at radius 3 is 2.50 bits per heavy atom. The summed E-state index contributed by atoms with van der Waals surface area (Å²) in [6.07, 6.45) is 5.85. The van der Waals surface area contributed by atoms with Crippen molar-refractivity contribution in [1.82, 2.24) is 9.80 Å². The molecule has 2 heterocycles. The van der Waals surface area contributed by atoms with Crippen molar-refractivity contribution in [3.8, 4) is 17.6 Å². The molecule has 2 aliphatic heterocycles. The summed E-state index contributed by atoms with van der Waals surface area (Å²) in [5.74, 6) is 1.52. The van der Waals surface area contributed by atoms with Crippen LogP contribution in [0.15, 0.2) is 18.2 Å². The maximum absolute atomic E-state index is 10.4. The van der Waals surface area contributed by atoms with E-state index in [9.17, 15) is 5.11 Å². The second-order valence-electron chi connectivity index (χ2n) is 8.04. The van der Waals surface area contributed by atoms with Gasteiger partial charge in [-0.15, -0.1) is 0 Å². The van der Waals surface area contributed by atoms with Crippen LogP contribution in [-0.4, -0.2) is 67.5 Å². The van der Waals surface area contributed by atoms with Crippen LogP contribution in [0.2, 0.25) is 0 Å². The average Bonchev–Trinajstić information content (AvgIpc) is 2.65. The lowest BCUT2D eigenvalue weighted by molar-refractivity contribution is 0.0644. The molecule has 0 amide bonds.